The van der Waals surface area contributed by atoms with Crippen LogP contribution in [0.5, 0.6) is 0 Å². The van der Waals surface area contributed by atoms with Gasteiger partial charge in [-0.1, -0.05) is 67.2 Å². The number of aromatic nitrogens is 2. The van der Waals surface area contributed by atoms with Crippen LogP contribution in [-0.2, 0) is 4.79 Å². The molecule has 3 aromatic rings. The molecule has 0 saturated heterocycles. The lowest BCUT2D eigenvalue weighted by molar-refractivity contribution is -0.113. The normalized spacial score (nSPS) is 12.1. The summed E-state index contributed by atoms with van der Waals surface area (Å²) < 4.78 is 5.71. The highest BCUT2D eigenvalue weighted by atomic mass is 32.2. The second-order valence-electron chi connectivity index (χ2n) is 6.54. The third-order valence-corrected chi connectivity index (χ3v) is 5.15. The zero-order chi connectivity index (χ0) is 19.9. The predicted molar refractivity (Wildman–Crippen MR) is 112 cm³/mol. The summed E-state index contributed by atoms with van der Waals surface area (Å²) in [6.45, 7) is 2.07. The highest BCUT2D eigenvalue weighted by Crippen LogP contribution is 2.28. The van der Waals surface area contributed by atoms with Crippen molar-refractivity contribution in [3.05, 3.63) is 60.5 Å². The van der Waals surface area contributed by atoms with E-state index in [2.05, 4.69) is 22.4 Å². The lowest BCUT2D eigenvalue weighted by atomic mass is 10.0. The van der Waals surface area contributed by atoms with E-state index in [1.807, 2.05) is 73.6 Å². The quantitative estimate of drug-likeness (QED) is 0.566. The fraction of sp³-hybridized carbons (Fsp3) is 0.286. The van der Waals surface area contributed by atoms with E-state index in [1.54, 1.807) is 0 Å². The van der Waals surface area contributed by atoms with Crippen LogP contribution in [0, 0.1) is 0 Å². The lowest BCUT2D eigenvalue weighted by Crippen LogP contribution is -2.19. The van der Waals surface area contributed by atoms with E-state index >= 15 is 0 Å². The van der Waals surface area contributed by atoms with E-state index in [1.165, 1.54) is 11.8 Å². The number of hydrogen-bond acceptors (Lipinski definition) is 6. The van der Waals surface area contributed by atoms with Gasteiger partial charge >= 0.3 is 0 Å². The van der Waals surface area contributed by atoms with Crippen LogP contribution in [0.2, 0.25) is 0 Å². The minimum absolute atomic E-state index is 0.0772. The smallest absolute Gasteiger partial charge is 0.277 e. The Hall–Kier alpha value is -2.64. The molecule has 1 aromatic heterocycles. The molecule has 0 aliphatic rings. The summed E-state index contributed by atoms with van der Waals surface area (Å²) in [5.41, 5.74) is 2.82. The fourth-order valence-electron chi connectivity index (χ4n) is 2.95. The Balaban J connectivity index is 1.63. The van der Waals surface area contributed by atoms with Gasteiger partial charge in [-0.3, -0.25) is 9.69 Å². The van der Waals surface area contributed by atoms with Crippen molar-refractivity contribution >= 4 is 23.4 Å². The van der Waals surface area contributed by atoms with E-state index < -0.39 is 0 Å². The molecule has 3 rings (SSSR count). The van der Waals surface area contributed by atoms with Gasteiger partial charge in [0.2, 0.25) is 11.8 Å². The number of benzene rings is 2. The first kappa shape index (κ1) is 20.1. The number of anilines is 1. The topological polar surface area (TPSA) is 71.3 Å². The number of nitrogens with one attached hydrogen (secondary N) is 1. The van der Waals surface area contributed by atoms with Crippen LogP contribution in [0.25, 0.3) is 11.1 Å². The molecule has 0 aliphatic heterocycles. The summed E-state index contributed by atoms with van der Waals surface area (Å²) in [4.78, 5) is 14.5. The SMILES string of the molecule is CC[C@@H](c1nnc(SCC(=O)Nc2ccccc2-c2ccccc2)o1)N(C)C. The number of nitrogens with zero attached hydrogens (tertiary/aromatic N) is 3. The predicted octanol–water partition coefficient (Wildman–Crippen LogP) is 4.48. The van der Waals surface area contributed by atoms with Crippen molar-refractivity contribution in [2.24, 2.45) is 0 Å². The maximum Gasteiger partial charge on any atom is 0.277 e. The molecule has 0 unspecified atom stereocenters. The molecule has 0 spiro atoms. The molecule has 0 fully saturated rings. The number of thioether (sulfide) groups is 1. The van der Waals surface area contributed by atoms with Gasteiger partial charge in [-0.05, 0) is 32.1 Å². The van der Waals surface area contributed by atoms with E-state index in [4.69, 9.17) is 4.42 Å². The lowest BCUT2D eigenvalue weighted by Gasteiger charge is -2.18. The summed E-state index contributed by atoms with van der Waals surface area (Å²) >= 11 is 1.24. The second kappa shape index (κ2) is 9.52. The van der Waals surface area contributed by atoms with Crippen LogP contribution in [0.4, 0.5) is 5.69 Å². The largest absolute Gasteiger partial charge is 0.414 e. The standard InChI is InChI=1S/C21H24N4O2S/c1-4-18(25(2)3)20-23-24-21(27-20)28-14-19(26)22-17-13-9-8-12-16(17)15-10-6-5-7-11-15/h5-13,18H,4,14H2,1-3H3,(H,22,26)/t18-/m0/s1. The maximum absolute atomic E-state index is 12.4. The summed E-state index contributed by atoms with van der Waals surface area (Å²) in [6.07, 6.45) is 0.871. The first-order valence-electron chi connectivity index (χ1n) is 9.15. The Labute approximate surface area is 169 Å². The van der Waals surface area contributed by atoms with Crippen molar-refractivity contribution in [3.8, 4) is 11.1 Å². The molecular formula is C21H24N4O2S. The second-order valence-corrected chi connectivity index (χ2v) is 7.47. The Bertz CT molecular complexity index is 912. The van der Waals surface area contributed by atoms with E-state index in [0.29, 0.717) is 11.1 Å². The molecule has 1 atom stereocenters. The molecule has 1 amide bonds. The zero-order valence-corrected chi connectivity index (χ0v) is 17.1. The maximum atomic E-state index is 12.4. The van der Waals surface area contributed by atoms with E-state index in [-0.39, 0.29) is 17.7 Å². The highest BCUT2D eigenvalue weighted by Gasteiger charge is 2.19. The molecule has 0 aliphatic carbocycles. The van der Waals surface area contributed by atoms with Gasteiger partial charge in [0.1, 0.15) is 0 Å². The molecule has 28 heavy (non-hydrogen) atoms. The molecular weight excluding hydrogens is 372 g/mol. The summed E-state index contributed by atoms with van der Waals surface area (Å²) in [6, 6.07) is 17.8. The number of amides is 1. The van der Waals surface area contributed by atoms with Crippen molar-refractivity contribution in [3.63, 3.8) is 0 Å². The Morgan fingerprint density at radius 3 is 2.54 bits per heavy atom. The van der Waals surface area contributed by atoms with Crippen LogP contribution in [0.3, 0.4) is 0 Å². The average Bonchev–Trinajstić information content (AvgIpc) is 3.16. The van der Waals surface area contributed by atoms with Crippen LogP contribution >= 0.6 is 11.8 Å². The summed E-state index contributed by atoms with van der Waals surface area (Å²) in [5, 5.41) is 11.5. The number of para-hydroxylation sites is 1. The van der Waals surface area contributed by atoms with Crippen LogP contribution < -0.4 is 5.32 Å². The van der Waals surface area contributed by atoms with Gasteiger partial charge in [-0.25, -0.2) is 0 Å². The number of hydrogen-bond donors (Lipinski definition) is 1. The molecule has 0 bridgehead atoms. The van der Waals surface area contributed by atoms with Gasteiger partial charge in [0, 0.05) is 11.3 Å². The average molecular weight is 397 g/mol. The summed E-state index contributed by atoms with van der Waals surface area (Å²) in [7, 11) is 3.95. The fourth-order valence-corrected chi connectivity index (χ4v) is 3.52. The van der Waals surface area contributed by atoms with Crippen molar-refractivity contribution in [2.45, 2.75) is 24.6 Å². The van der Waals surface area contributed by atoms with Gasteiger partial charge < -0.3 is 9.73 Å². The zero-order valence-electron chi connectivity index (χ0n) is 16.3. The molecule has 1 N–H and O–H groups in total. The number of carbonyl (C=O) groups excluding carboxylic acids is 1. The van der Waals surface area contributed by atoms with Crippen LogP contribution in [0.15, 0.2) is 64.2 Å². The van der Waals surface area contributed by atoms with Crippen molar-refractivity contribution in [2.75, 3.05) is 25.2 Å². The highest BCUT2D eigenvalue weighted by molar-refractivity contribution is 7.99. The van der Waals surface area contributed by atoms with E-state index in [9.17, 15) is 4.79 Å². The first-order chi connectivity index (χ1) is 13.6. The van der Waals surface area contributed by atoms with E-state index in [0.717, 1.165) is 23.2 Å². The molecule has 0 saturated carbocycles. The monoisotopic (exact) mass is 396 g/mol. The van der Waals surface area contributed by atoms with Crippen molar-refractivity contribution in [1.29, 1.82) is 0 Å². The van der Waals surface area contributed by atoms with Gasteiger partial charge in [-0.2, -0.15) is 0 Å². The number of carbonyl (C=O) groups is 1. The van der Waals surface area contributed by atoms with Gasteiger partial charge in [0.05, 0.1) is 11.8 Å². The Morgan fingerprint density at radius 2 is 1.82 bits per heavy atom. The van der Waals surface area contributed by atoms with Crippen LogP contribution in [0.1, 0.15) is 25.3 Å². The van der Waals surface area contributed by atoms with Gasteiger partial charge in [0.15, 0.2) is 0 Å². The Morgan fingerprint density at radius 1 is 1.11 bits per heavy atom. The molecule has 0 radical (unpaired) electrons. The van der Waals surface area contributed by atoms with Crippen LogP contribution in [-0.4, -0.2) is 40.9 Å². The van der Waals surface area contributed by atoms with Crippen molar-refractivity contribution < 1.29 is 9.21 Å². The van der Waals surface area contributed by atoms with Crippen molar-refractivity contribution in [1.82, 2.24) is 15.1 Å². The summed E-state index contributed by atoms with van der Waals surface area (Å²) in [5.74, 6) is 0.654. The minimum atomic E-state index is -0.118. The Kier molecular flexibility index (Phi) is 6.84. The van der Waals surface area contributed by atoms with Gasteiger partial charge in [-0.15, -0.1) is 10.2 Å². The molecule has 146 valence electrons. The molecule has 1 heterocycles. The van der Waals surface area contributed by atoms with Gasteiger partial charge in [0.25, 0.3) is 5.22 Å². The molecule has 7 heteroatoms. The third-order valence-electron chi connectivity index (χ3n) is 4.33. The first-order valence-corrected chi connectivity index (χ1v) is 10.1. The minimum Gasteiger partial charge on any atom is -0.414 e. The third kappa shape index (κ3) is 4.99. The molecule has 6 nitrogen and oxygen atoms in total. The number of rotatable bonds is 8. The molecule has 2 aromatic carbocycles.